The highest BCUT2D eigenvalue weighted by atomic mass is 35.5. The number of hydrogen-bond acceptors (Lipinski definition) is 5. The first-order valence-corrected chi connectivity index (χ1v) is 13.4. The van der Waals surface area contributed by atoms with E-state index in [1.165, 1.54) is 11.8 Å². The van der Waals surface area contributed by atoms with E-state index in [1.54, 1.807) is 30.5 Å². The molecule has 0 bridgehead atoms. The fourth-order valence-electron chi connectivity index (χ4n) is 3.71. The molecule has 38 heavy (non-hydrogen) atoms. The van der Waals surface area contributed by atoms with E-state index < -0.39 is 0 Å². The van der Waals surface area contributed by atoms with Crippen LogP contribution < -0.4 is 5.43 Å². The van der Waals surface area contributed by atoms with Crippen LogP contribution in [0.3, 0.4) is 0 Å². The molecule has 1 N–H and O–H groups in total. The average Bonchev–Trinajstić information content (AvgIpc) is 3.37. The molecule has 188 valence electrons. The summed E-state index contributed by atoms with van der Waals surface area (Å²) >= 11 is 13.4. The van der Waals surface area contributed by atoms with Crippen LogP contribution in [-0.2, 0) is 4.79 Å². The average molecular weight is 558 g/mol. The molecule has 0 aliphatic carbocycles. The Morgan fingerprint density at radius 2 is 1.39 bits per heavy atom. The number of nitrogens with zero attached hydrogens (tertiary/aromatic N) is 4. The molecule has 4 aromatic carbocycles. The van der Waals surface area contributed by atoms with Gasteiger partial charge < -0.3 is 0 Å². The van der Waals surface area contributed by atoms with Crippen LogP contribution in [0.1, 0.15) is 5.56 Å². The predicted molar refractivity (Wildman–Crippen MR) is 155 cm³/mol. The third-order valence-corrected chi connectivity index (χ3v) is 7.01. The predicted octanol–water partition coefficient (Wildman–Crippen LogP) is 7.15. The second-order valence-electron chi connectivity index (χ2n) is 8.19. The lowest BCUT2D eigenvalue weighted by molar-refractivity contribution is -0.118. The Kier molecular flexibility index (Phi) is 8.19. The molecule has 0 radical (unpaired) electrons. The summed E-state index contributed by atoms with van der Waals surface area (Å²) in [6, 6.07) is 32.8. The van der Waals surface area contributed by atoms with Crippen LogP contribution in [0.25, 0.3) is 28.2 Å². The van der Waals surface area contributed by atoms with Crippen molar-refractivity contribution in [2.24, 2.45) is 5.10 Å². The lowest BCUT2D eigenvalue weighted by Gasteiger charge is -2.10. The minimum Gasteiger partial charge on any atom is -0.272 e. The van der Waals surface area contributed by atoms with E-state index >= 15 is 0 Å². The van der Waals surface area contributed by atoms with Gasteiger partial charge in [-0.15, -0.1) is 10.2 Å². The van der Waals surface area contributed by atoms with E-state index in [-0.39, 0.29) is 11.7 Å². The number of rotatable bonds is 8. The molecule has 0 fully saturated rings. The van der Waals surface area contributed by atoms with Crippen molar-refractivity contribution >= 4 is 47.1 Å². The monoisotopic (exact) mass is 557 g/mol. The first kappa shape index (κ1) is 25.7. The van der Waals surface area contributed by atoms with Gasteiger partial charge >= 0.3 is 0 Å². The van der Waals surface area contributed by atoms with Gasteiger partial charge in [0.05, 0.1) is 12.0 Å². The Morgan fingerprint density at radius 1 is 0.789 bits per heavy atom. The molecule has 0 atom stereocenters. The van der Waals surface area contributed by atoms with Crippen molar-refractivity contribution in [1.82, 2.24) is 20.2 Å². The Labute approximate surface area is 234 Å². The standard InChI is InChI=1S/C29H21Cl2N5OS/c30-24-12-10-23(11-13-24)28-34-35-29(36(28)26-16-14-25(31)15-17-26)38-19-27(37)33-32-18-20-6-8-22(9-7-20)21-4-2-1-3-5-21/h1-18H,19H2,(H,33,37). The van der Waals surface area contributed by atoms with E-state index in [4.69, 9.17) is 23.2 Å². The number of hydrazone groups is 1. The maximum absolute atomic E-state index is 12.5. The number of carbonyl (C=O) groups excluding carboxylic acids is 1. The van der Waals surface area contributed by atoms with E-state index in [2.05, 4.69) is 32.9 Å². The SMILES string of the molecule is O=C(CSc1nnc(-c2ccc(Cl)cc2)n1-c1ccc(Cl)cc1)NN=Cc1ccc(-c2ccccc2)cc1. The van der Waals surface area contributed by atoms with Crippen LogP contribution in [0, 0.1) is 0 Å². The summed E-state index contributed by atoms with van der Waals surface area (Å²) in [5.41, 5.74) is 7.39. The van der Waals surface area contributed by atoms with Gasteiger partial charge in [-0.2, -0.15) is 5.10 Å². The molecule has 1 heterocycles. The third kappa shape index (κ3) is 6.31. The van der Waals surface area contributed by atoms with Crippen LogP contribution in [0.4, 0.5) is 0 Å². The van der Waals surface area contributed by atoms with Crippen molar-refractivity contribution in [3.63, 3.8) is 0 Å². The highest BCUT2D eigenvalue weighted by molar-refractivity contribution is 7.99. The lowest BCUT2D eigenvalue weighted by Crippen LogP contribution is -2.20. The number of benzene rings is 4. The van der Waals surface area contributed by atoms with Gasteiger partial charge in [-0.25, -0.2) is 5.43 Å². The first-order chi connectivity index (χ1) is 18.6. The topological polar surface area (TPSA) is 72.2 Å². The molecule has 0 saturated heterocycles. The number of carbonyl (C=O) groups is 1. The molecule has 0 unspecified atom stereocenters. The van der Waals surface area contributed by atoms with Gasteiger partial charge in [-0.1, -0.05) is 89.6 Å². The van der Waals surface area contributed by atoms with Gasteiger partial charge in [0.15, 0.2) is 11.0 Å². The number of amides is 1. The maximum Gasteiger partial charge on any atom is 0.250 e. The Morgan fingerprint density at radius 3 is 2.08 bits per heavy atom. The van der Waals surface area contributed by atoms with E-state index in [0.717, 1.165) is 27.9 Å². The molecular weight excluding hydrogens is 537 g/mol. The Bertz CT molecular complexity index is 1550. The molecule has 0 spiro atoms. The first-order valence-electron chi connectivity index (χ1n) is 11.6. The van der Waals surface area contributed by atoms with E-state index in [9.17, 15) is 4.79 Å². The second-order valence-corrected chi connectivity index (χ2v) is 10.0. The van der Waals surface area contributed by atoms with Crippen molar-refractivity contribution in [3.05, 3.63) is 119 Å². The molecule has 9 heteroatoms. The molecule has 1 amide bonds. The summed E-state index contributed by atoms with van der Waals surface area (Å²) in [6.07, 6.45) is 1.62. The number of aromatic nitrogens is 3. The fourth-order valence-corrected chi connectivity index (χ4v) is 4.70. The van der Waals surface area contributed by atoms with Crippen molar-refractivity contribution in [2.45, 2.75) is 5.16 Å². The normalized spacial score (nSPS) is 11.1. The van der Waals surface area contributed by atoms with Crippen molar-refractivity contribution < 1.29 is 4.79 Å². The quantitative estimate of drug-likeness (QED) is 0.125. The minimum absolute atomic E-state index is 0.108. The lowest BCUT2D eigenvalue weighted by atomic mass is 10.0. The summed E-state index contributed by atoms with van der Waals surface area (Å²) in [5.74, 6) is 0.478. The van der Waals surface area contributed by atoms with E-state index in [1.807, 2.05) is 71.3 Å². The second kappa shape index (κ2) is 12.1. The Balaban J connectivity index is 1.25. The van der Waals surface area contributed by atoms with Crippen LogP contribution in [0.15, 0.2) is 113 Å². The number of halogens is 2. The summed E-state index contributed by atoms with van der Waals surface area (Å²) in [5, 5.41) is 14.6. The van der Waals surface area contributed by atoms with Crippen molar-refractivity contribution in [2.75, 3.05) is 5.75 Å². The van der Waals surface area contributed by atoms with Gasteiger partial charge in [-0.05, 0) is 65.2 Å². The molecule has 1 aromatic heterocycles. The smallest absolute Gasteiger partial charge is 0.250 e. The molecule has 6 nitrogen and oxygen atoms in total. The molecule has 0 aliphatic heterocycles. The van der Waals surface area contributed by atoms with E-state index in [0.29, 0.717) is 21.0 Å². The van der Waals surface area contributed by atoms with Crippen LogP contribution in [0.5, 0.6) is 0 Å². The zero-order valence-electron chi connectivity index (χ0n) is 20.0. The van der Waals surface area contributed by atoms with Gasteiger partial charge in [0, 0.05) is 21.3 Å². The highest BCUT2D eigenvalue weighted by Crippen LogP contribution is 2.29. The summed E-state index contributed by atoms with van der Waals surface area (Å²) in [6.45, 7) is 0. The zero-order chi connectivity index (χ0) is 26.3. The summed E-state index contributed by atoms with van der Waals surface area (Å²) < 4.78 is 1.88. The summed E-state index contributed by atoms with van der Waals surface area (Å²) in [7, 11) is 0. The Hall–Kier alpha value is -3.91. The van der Waals surface area contributed by atoms with Gasteiger partial charge in [0.2, 0.25) is 0 Å². The van der Waals surface area contributed by atoms with Crippen molar-refractivity contribution in [3.8, 4) is 28.2 Å². The van der Waals surface area contributed by atoms with Gasteiger partial charge in [0.1, 0.15) is 0 Å². The molecule has 0 saturated carbocycles. The molecule has 5 aromatic rings. The molecular formula is C29H21Cl2N5OS. The molecule has 0 aliphatic rings. The van der Waals surface area contributed by atoms with Gasteiger partial charge in [0.25, 0.3) is 5.91 Å². The van der Waals surface area contributed by atoms with Crippen molar-refractivity contribution in [1.29, 1.82) is 0 Å². The fraction of sp³-hybridized carbons (Fsp3) is 0.0345. The number of thioether (sulfide) groups is 1. The minimum atomic E-state index is -0.258. The summed E-state index contributed by atoms with van der Waals surface area (Å²) in [4.78, 5) is 12.5. The van der Waals surface area contributed by atoms with Crippen LogP contribution >= 0.6 is 35.0 Å². The number of nitrogens with one attached hydrogen (secondary N) is 1. The zero-order valence-corrected chi connectivity index (χ0v) is 22.3. The third-order valence-electron chi connectivity index (χ3n) is 5.57. The maximum atomic E-state index is 12.5. The highest BCUT2D eigenvalue weighted by Gasteiger charge is 2.17. The molecule has 5 rings (SSSR count). The van der Waals surface area contributed by atoms with Gasteiger partial charge in [-0.3, -0.25) is 9.36 Å². The van der Waals surface area contributed by atoms with Crippen LogP contribution in [-0.4, -0.2) is 32.6 Å². The van der Waals surface area contributed by atoms with Crippen LogP contribution in [0.2, 0.25) is 10.0 Å². The number of hydrogen-bond donors (Lipinski definition) is 1. The largest absolute Gasteiger partial charge is 0.272 e.